The summed E-state index contributed by atoms with van der Waals surface area (Å²) in [5.74, 6) is 1.25. The van der Waals surface area contributed by atoms with Crippen molar-refractivity contribution in [1.82, 2.24) is 15.2 Å². The Morgan fingerprint density at radius 3 is 2.68 bits per heavy atom. The van der Waals surface area contributed by atoms with Gasteiger partial charge in [0.05, 0.1) is 23.2 Å². The van der Waals surface area contributed by atoms with Crippen molar-refractivity contribution in [2.24, 2.45) is 0 Å². The highest BCUT2D eigenvalue weighted by molar-refractivity contribution is 6.33. The molecule has 3 N–H and O–H groups in total. The van der Waals surface area contributed by atoms with Crippen LogP contribution in [0.1, 0.15) is 0 Å². The first kappa shape index (κ1) is 11.8. The third-order valence-electron chi connectivity index (χ3n) is 2.89. The van der Waals surface area contributed by atoms with Gasteiger partial charge in [-0.3, -0.25) is 5.10 Å². The largest absolute Gasteiger partial charge is 0.497 e. The summed E-state index contributed by atoms with van der Waals surface area (Å²) in [5.41, 5.74) is 7.85. The molecule has 3 rings (SSSR count). The molecular weight excluding hydrogens is 264 g/mol. The standard InChI is InChI=1S/C13H11ClN4O/c1-19-8-4-2-7(3-5-8)11-10(14)6-9-12(15)17-18-13(9)16-11/h2-6H,1H3,(H3,15,16,17,18). The van der Waals surface area contributed by atoms with E-state index in [-0.39, 0.29) is 0 Å². The van der Waals surface area contributed by atoms with Crippen LogP contribution in [-0.2, 0) is 0 Å². The number of hydrogen-bond acceptors (Lipinski definition) is 4. The molecule has 5 nitrogen and oxygen atoms in total. The van der Waals surface area contributed by atoms with Crippen LogP contribution in [0.4, 0.5) is 5.82 Å². The molecule has 0 aliphatic heterocycles. The summed E-state index contributed by atoms with van der Waals surface area (Å²) in [4.78, 5) is 4.43. The summed E-state index contributed by atoms with van der Waals surface area (Å²) in [6.07, 6.45) is 0. The molecule has 3 aromatic rings. The number of benzene rings is 1. The Bertz CT molecular complexity index is 736. The number of methoxy groups -OCH3 is 1. The molecule has 2 aromatic heterocycles. The van der Waals surface area contributed by atoms with Crippen molar-refractivity contribution in [2.75, 3.05) is 12.8 Å². The second-order valence-corrected chi connectivity index (χ2v) is 4.46. The molecule has 6 heteroatoms. The first-order valence-corrected chi connectivity index (χ1v) is 6.01. The van der Waals surface area contributed by atoms with Crippen LogP contribution >= 0.6 is 11.6 Å². The Labute approximate surface area is 114 Å². The Kier molecular flexibility index (Phi) is 2.76. The number of rotatable bonds is 2. The SMILES string of the molecule is COc1ccc(-c2nc3n[nH]c(N)c3cc2Cl)cc1. The molecule has 1 aromatic carbocycles. The summed E-state index contributed by atoms with van der Waals surface area (Å²) >= 11 is 6.25. The Balaban J connectivity index is 2.15. The maximum Gasteiger partial charge on any atom is 0.183 e. The molecule has 0 aliphatic carbocycles. The number of hydrogen-bond donors (Lipinski definition) is 2. The zero-order valence-electron chi connectivity index (χ0n) is 10.1. The number of nitrogens with one attached hydrogen (secondary N) is 1. The molecule has 0 spiro atoms. The van der Waals surface area contributed by atoms with Gasteiger partial charge in [-0.1, -0.05) is 11.6 Å². The van der Waals surface area contributed by atoms with Crippen molar-refractivity contribution < 1.29 is 4.74 Å². The van der Waals surface area contributed by atoms with Gasteiger partial charge in [0.2, 0.25) is 0 Å². The van der Waals surface area contributed by atoms with E-state index in [0.29, 0.717) is 22.2 Å². The lowest BCUT2D eigenvalue weighted by Crippen LogP contribution is -1.89. The molecule has 0 saturated carbocycles. The third-order valence-corrected chi connectivity index (χ3v) is 3.18. The highest BCUT2D eigenvalue weighted by Crippen LogP contribution is 2.31. The normalized spacial score (nSPS) is 10.8. The van der Waals surface area contributed by atoms with Crippen LogP contribution < -0.4 is 10.5 Å². The fourth-order valence-corrected chi connectivity index (χ4v) is 2.15. The van der Waals surface area contributed by atoms with Gasteiger partial charge in [0.1, 0.15) is 11.6 Å². The van der Waals surface area contributed by atoms with Crippen LogP contribution in [0, 0.1) is 0 Å². The van der Waals surface area contributed by atoms with Gasteiger partial charge in [-0.2, -0.15) is 5.10 Å². The molecule has 0 fully saturated rings. The van der Waals surface area contributed by atoms with Crippen molar-refractivity contribution in [2.45, 2.75) is 0 Å². The van der Waals surface area contributed by atoms with Crippen LogP contribution in [0.3, 0.4) is 0 Å². The maximum absolute atomic E-state index is 6.25. The van der Waals surface area contributed by atoms with Gasteiger partial charge in [0, 0.05) is 5.56 Å². The number of anilines is 1. The molecule has 19 heavy (non-hydrogen) atoms. The summed E-state index contributed by atoms with van der Waals surface area (Å²) in [7, 11) is 1.62. The fourth-order valence-electron chi connectivity index (χ4n) is 1.89. The molecule has 96 valence electrons. The second-order valence-electron chi connectivity index (χ2n) is 4.06. The molecule has 2 heterocycles. The van der Waals surface area contributed by atoms with E-state index >= 15 is 0 Å². The lowest BCUT2D eigenvalue weighted by atomic mass is 10.1. The summed E-state index contributed by atoms with van der Waals surface area (Å²) < 4.78 is 5.12. The molecule has 0 amide bonds. The number of pyridine rings is 1. The third kappa shape index (κ3) is 1.98. The van der Waals surface area contributed by atoms with E-state index in [0.717, 1.165) is 16.7 Å². The highest BCUT2D eigenvalue weighted by Gasteiger charge is 2.11. The average molecular weight is 275 g/mol. The Morgan fingerprint density at radius 1 is 1.26 bits per heavy atom. The summed E-state index contributed by atoms with van der Waals surface area (Å²) in [5, 5.41) is 7.98. The van der Waals surface area contributed by atoms with E-state index in [2.05, 4.69) is 15.2 Å². The number of nitrogens with zero attached hydrogens (tertiary/aromatic N) is 2. The van der Waals surface area contributed by atoms with Gasteiger partial charge in [0.25, 0.3) is 0 Å². The van der Waals surface area contributed by atoms with E-state index in [1.54, 1.807) is 13.2 Å². The molecule has 0 atom stereocenters. The monoisotopic (exact) mass is 274 g/mol. The van der Waals surface area contributed by atoms with Gasteiger partial charge in [-0.15, -0.1) is 0 Å². The van der Waals surface area contributed by atoms with Crippen molar-refractivity contribution >= 4 is 28.5 Å². The van der Waals surface area contributed by atoms with Gasteiger partial charge < -0.3 is 10.5 Å². The van der Waals surface area contributed by atoms with Crippen molar-refractivity contribution in [3.05, 3.63) is 35.4 Å². The van der Waals surface area contributed by atoms with Crippen LogP contribution in [0.5, 0.6) is 5.75 Å². The van der Waals surface area contributed by atoms with Crippen molar-refractivity contribution in [3.63, 3.8) is 0 Å². The maximum atomic E-state index is 6.25. The zero-order valence-corrected chi connectivity index (χ0v) is 10.9. The number of H-pyrrole nitrogens is 1. The first-order valence-electron chi connectivity index (χ1n) is 5.63. The molecule has 0 saturated heterocycles. The second kappa shape index (κ2) is 4.44. The molecule has 0 bridgehead atoms. The Hall–Kier alpha value is -2.27. The van der Waals surface area contributed by atoms with Crippen LogP contribution in [-0.4, -0.2) is 22.3 Å². The van der Waals surface area contributed by atoms with E-state index < -0.39 is 0 Å². The van der Waals surface area contributed by atoms with Crippen molar-refractivity contribution in [3.8, 4) is 17.0 Å². The number of fused-ring (bicyclic) bond motifs is 1. The van der Waals surface area contributed by atoms with Crippen molar-refractivity contribution in [1.29, 1.82) is 0 Å². The van der Waals surface area contributed by atoms with Gasteiger partial charge in [-0.05, 0) is 30.3 Å². The molecule has 0 radical (unpaired) electrons. The highest BCUT2D eigenvalue weighted by atomic mass is 35.5. The number of aromatic amines is 1. The molecule has 0 aliphatic rings. The van der Waals surface area contributed by atoms with Crippen LogP contribution in [0.15, 0.2) is 30.3 Å². The van der Waals surface area contributed by atoms with E-state index in [4.69, 9.17) is 22.1 Å². The number of nitrogens with two attached hydrogens (primary N) is 1. The number of aromatic nitrogens is 3. The minimum atomic E-state index is 0.464. The number of halogens is 1. The van der Waals surface area contributed by atoms with E-state index in [1.165, 1.54) is 0 Å². The molecular formula is C13H11ClN4O. The van der Waals surface area contributed by atoms with Gasteiger partial charge in [0.15, 0.2) is 5.65 Å². The smallest absolute Gasteiger partial charge is 0.183 e. The lowest BCUT2D eigenvalue weighted by Gasteiger charge is -2.05. The fraction of sp³-hybridized carbons (Fsp3) is 0.0769. The van der Waals surface area contributed by atoms with E-state index in [1.807, 2.05) is 24.3 Å². The quantitative estimate of drug-likeness (QED) is 0.753. The minimum absolute atomic E-state index is 0.464. The number of nitrogen functional groups attached to an aromatic ring is 1. The average Bonchev–Trinajstić information content (AvgIpc) is 2.79. The summed E-state index contributed by atoms with van der Waals surface area (Å²) in [6.45, 7) is 0. The zero-order chi connectivity index (χ0) is 13.4. The Morgan fingerprint density at radius 2 is 2.00 bits per heavy atom. The topological polar surface area (TPSA) is 76.8 Å². The first-order chi connectivity index (χ1) is 9.19. The van der Waals surface area contributed by atoms with Gasteiger partial charge in [-0.25, -0.2) is 4.98 Å². The number of ether oxygens (including phenoxy) is 1. The summed E-state index contributed by atoms with van der Waals surface area (Å²) in [6, 6.07) is 9.28. The van der Waals surface area contributed by atoms with Crippen LogP contribution in [0.2, 0.25) is 5.02 Å². The van der Waals surface area contributed by atoms with Gasteiger partial charge >= 0.3 is 0 Å². The lowest BCUT2D eigenvalue weighted by molar-refractivity contribution is 0.415. The predicted molar refractivity (Wildman–Crippen MR) is 75.3 cm³/mol. The minimum Gasteiger partial charge on any atom is -0.497 e. The predicted octanol–water partition coefficient (Wildman–Crippen LogP) is 2.87. The molecule has 0 unspecified atom stereocenters. The van der Waals surface area contributed by atoms with E-state index in [9.17, 15) is 0 Å². The van der Waals surface area contributed by atoms with Crippen LogP contribution in [0.25, 0.3) is 22.3 Å².